The van der Waals surface area contributed by atoms with Gasteiger partial charge in [0.2, 0.25) is 5.78 Å². The van der Waals surface area contributed by atoms with Crippen LogP contribution in [0, 0.1) is 40.4 Å². The number of Topliss-reactive ketones (excluding diaryl/α,β-unsaturated/α-hetero) is 1. The molecule has 3 saturated carbocycles. The predicted octanol–water partition coefficient (Wildman–Crippen LogP) is 2.36. The highest BCUT2D eigenvalue weighted by atomic mass is 16.7. The lowest BCUT2D eigenvalue weighted by Crippen LogP contribution is -2.53. The summed E-state index contributed by atoms with van der Waals surface area (Å²) in [5.74, 6) is -3.39. The van der Waals surface area contributed by atoms with Crippen LogP contribution >= 0.6 is 0 Å². The van der Waals surface area contributed by atoms with E-state index in [2.05, 4.69) is 19.9 Å². The Morgan fingerprint density at radius 1 is 1.19 bits per heavy atom. The average molecular weight is 374 g/mol. The molecule has 0 amide bonds. The van der Waals surface area contributed by atoms with Gasteiger partial charge in [0.1, 0.15) is 0 Å². The zero-order valence-electron chi connectivity index (χ0n) is 16.3. The number of rotatable bonds is 2. The van der Waals surface area contributed by atoms with E-state index in [9.17, 15) is 24.9 Å². The topological polar surface area (TPSA) is 94.8 Å². The Morgan fingerprint density at radius 2 is 1.89 bits per heavy atom. The van der Waals surface area contributed by atoms with Gasteiger partial charge < -0.3 is 15.3 Å². The van der Waals surface area contributed by atoms with Crippen LogP contribution in [0.4, 0.5) is 0 Å². The van der Waals surface area contributed by atoms with E-state index in [0.717, 1.165) is 32.1 Å². The van der Waals surface area contributed by atoms with Crippen molar-refractivity contribution in [3.63, 3.8) is 0 Å². The van der Waals surface area contributed by atoms with Crippen LogP contribution in [0.5, 0.6) is 0 Å². The summed E-state index contributed by atoms with van der Waals surface area (Å²) in [7, 11) is 0. The summed E-state index contributed by atoms with van der Waals surface area (Å²) in [6.45, 7) is 6.32. The van der Waals surface area contributed by atoms with E-state index >= 15 is 0 Å². The molecule has 0 bridgehead atoms. The third-order valence-corrected chi connectivity index (χ3v) is 8.51. The summed E-state index contributed by atoms with van der Waals surface area (Å²) in [5, 5.41) is 28.6. The van der Waals surface area contributed by atoms with Crippen LogP contribution in [-0.2, 0) is 9.59 Å². The minimum Gasteiger partial charge on any atom is -0.337 e. The lowest BCUT2D eigenvalue weighted by Gasteiger charge is -2.57. The van der Waals surface area contributed by atoms with E-state index in [-0.39, 0.29) is 22.5 Å². The number of hydrogen-bond acceptors (Lipinski definition) is 5. The standard InChI is InChI=1S/C22H30O5/c1-12-10-17-15-5-4-13-11-14(23)6-8-20(13,2)16(15)7-9-21(17,3)18(12)19(24)22(25,26)27/h6,8,11-12,15-18,25-27H,4-5,7,9-10H2,1-3H3/t12-,15-,16+,17+,18-,20+,21+/m1/s1. The first kappa shape index (κ1) is 19.0. The van der Waals surface area contributed by atoms with Crippen molar-refractivity contribution in [1.29, 1.82) is 0 Å². The van der Waals surface area contributed by atoms with Crippen molar-refractivity contribution < 1.29 is 24.9 Å². The molecule has 0 saturated heterocycles. The largest absolute Gasteiger partial charge is 0.339 e. The van der Waals surface area contributed by atoms with Crippen LogP contribution in [0.3, 0.4) is 0 Å². The van der Waals surface area contributed by atoms with Crippen LogP contribution in [0.2, 0.25) is 0 Å². The first-order valence-electron chi connectivity index (χ1n) is 10.1. The highest BCUT2D eigenvalue weighted by Crippen LogP contribution is 2.67. The van der Waals surface area contributed by atoms with Crippen molar-refractivity contribution in [2.75, 3.05) is 0 Å². The van der Waals surface area contributed by atoms with Gasteiger partial charge in [-0.3, -0.25) is 9.59 Å². The van der Waals surface area contributed by atoms with E-state index in [0.29, 0.717) is 17.8 Å². The zero-order valence-corrected chi connectivity index (χ0v) is 16.3. The Kier molecular flexibility index (Phi) is 4.12. The number of carbonyl (C=O) groups is 2. The normalized spacial score (nSPS) is 46.4. The van der Waals surface area contributed by atoms with Crippen LogP contribution < -0.4 is 0 Å². The summed E-state index contributed by atoms with van der Waals surface area (Å²) in [5.41, 5.74) is 0.805. The second-order valence-corrected chi connectivity index (χ2v) is 9.84. The fraction of sp³-hybridized carbons (Fsp3) is 0.727. The lowest BCUT2D eigenvalue weighted by atomic mass is 9.47. The summed E-state index contributed by atoms with van der Waals surface area (Å²) < 4.78 is 0. The molecule has 3 N–H and O–H groups in total. The van der Waals surface area contributed by atoms with Gasteiger partial charge in [-0.2, -0.15) is 0 Å². The van der Waals surface area contributed by atoms with Gasteiger partial charge in [-0.05, 0) is 73.3 Å². The van der Waals surface area contributed by atoms with Gasteiger partial charge in [0.25, 0.3) is 0 Å². The van der Waals surface area contributed by atoms with Gasteiger partial charge in [0.15, 0.2) is 5.78 Å². The van der Waals surface area contributed by atoms with Crippen LogP contribution in [0.1, 0.15) is 52.9 Å². The third kappa shape index (κ3) is 2.62. The van der Waals surface area contributed by atoms with Crippen molar-refractivity contribution in [1.82, 2.24) is 0 Å². The number of carbonyl (C=O) groups excluding carboxylic acids is 2. The molecule has 0 aromatic rings. The molecule has 3 fully saturated rings. The Hall–Kier alpha value is -1.30. The second-order valence-electron chi connectivity index (χ2n) is 9.84. The summed E-state index contributed by atoms with van der Waals surface area (Å²) in [6.07, 6.45) is 10.1. The maximum absolute atomic E-state index is 12.6. The summed E-state index contributed by atoms with van der Waals surface area (Å²) in [6, 6.07) is 0. The minimum absolute atomic E-state index is 0.00490. The Labute approximate surface area is 160 Å². The third-order valence-electron chi connectivity index (χ3n) is 8.51. The molecular formula is C22H30O5. The van der Waals surface area contributed by atoms with Gasteiger partial charge in [-0.1, -0.05) is 32.4 Å². The minimum atomic E-state index is -3.26. The molecule has 0 aromatic carbocycles. The molecule has 0 aliphatic heterocycles. The molecule has 0 heterocycles. The number of fused-ring (bicyclic) bond motifs is 5. The fourth-order valence-electron chi connectivity index (χ4n) is 7.33. The van der Waals surface area contributed by atoms with Crippen LogP contribution in [0.15, 0.2) is 23.8 Å². The molecule has 0 aromatic heterocycles. The Balaban J connectivity index is 1.68. The van der Waals surface area contributed by atoms with Gasteiger partial charge >= 0.3 is 5.97 Å². The van der Waals surface area contributed by atoms with Gasteiger partial charge in [0, 0.05) is 11.3 Å². The molecule has 0 radical (unpaired) electrons. The maximum atomic E-state index is 12.6. The summed E-state index contributed by atoms with van der Waals surface area (Å²) >= 11 is 0. The van der Waals surface area contributed by atoms with E-state index in [1.807, 2.05) is 13.0 Å². The quantitative estimate of drug-likeness (QED) is 0.645. The van der Waals surface area contributed by atoms with E-state index in [1.54, 1.807) is 6.08 Å². The lowest BCUT2D eigenvalue weighted by molar-refractivity contribution is -0.292. The highest BCUT2D eigenvalue weighted by Gasteiger charge is 2.63. The van der Waals surface area contributed by atoms with E-state index in [4.69, 9.17) is 0 Å². The SMILES string of the molecule is C[C@@H]1C[C@H]2[C@@H]3CCC4=CC(=O)C=C[C@]4(C)[C@H]3CC[C@]2(C)[C@H]1C(=O)C(O)(O)O. The monoisotopic (exact) mass is 374 g/mol. The highest BCUT2D eigenvalue weighted by molar-refractivity contribution is 6.01. The fourth-order valence-corrected chi connectivity index (χ4v) is 7.33. The van der Waals surface area contributed by atoms with Crippen LogP contribution in [-0.4, -0.2) is 32.9 Å². The zero-order chi connectivity index (χ0) is 19.8. The average Bonchev–Trinajstić information content (AvgIpc) is 2.84. The van der Waals surface area contributed by atoms with Crippen molar-refractivity contribution in [3.05, 3.63) is 23.8 Å². The Bertz CT molecular complexity index is 744. The Morgan fingerprint density at radius 3 is 2.56 bits per heavy atom. The maximum Gasteiger partial charge on any atom is 0.339 e. The number of allylic oxidation sites excluding steroid dienone is 4. The molecule has 5 nitrogen and oxygen atoms in total. The molecule has 4 aliphatic rings. The van der Waals surface area contributed by atoms with Gasteiger partial charge in [-0.25, -0.2) is 0 Å². The van der Waals surface area contributed by atoms with Crippen molar-refractivity contribution in [2.45, 2.75) is 58.8 Å². The molecule has 0 spiro atoms. The smallest absolute Gasteiger partial charge is 0.337 e. The number of hydrogen-bond donors (Lipinski definition) is 3. The van der Waals surface area contributed by atoms with Crippen LogP contribution in [0.25, 0.3) is 0 Å². The number of ketones is 2. The molecule has 4 rings (SSSR count). The molecular weight excluding hydrogens is 344 g/mol. The first-order chi connectivity index (χ1) is 12.5. The first-order valence-corrected chi connectivity index (χ1v) is 10.1. The predicted molar refractivity (Wildman–Crippen MR) is 99.0 cm³/mol. The number of aliphatic hydroxyl groups is 3. The van der Waals surface area contributed by atoms with Gasteiger partial charge in [0.05, 0.1) is 0 Å². The molecule has 148 valence electrons. The molecule has 27 heavy (non-hydrogen) atoms. The van der Waals surface area contributed by atoms with E-state index in [1.165, 1.54) is 5.57 Å². The van der Waals surface area contributed by atoms with Crippen molar-refractivity contribution in [2.24, 2.45) is 40.4 Å². The van der Waals surface area contributed by atoms with Gasteiger partial charge in [-0.15, -0.1) is 0 Å². The molecule has 4 aliphatic carbocycles. The molecule has 7 atom stereocenters. The van der Waals surface area contributed by atoms with E-state index < -0.39 is 17.7 Å². The van der Waals surface area contributed by atoms with Crippen molar-refractivity contribution in [3.8, 4) is 0 Å². The van der Waals surface area contributed by atoms with Crippen molar-refractivity contribution >= 4 is 11.6 Å². The summed E-state index contributed by atoms with van der Waals surface area (Å²) in [4.78, 5) is 24.5. The molecule has 5 heteroatoms. The second kappa shape index (κ2) is 5.85. The molecule has 0 unspecified atom stereocenters.